The number of hydrogen-bond donors (Lipinski definition) is 1. The average Bonchev–Trinajstić information content (AvgIpc) is 1.90. The van der Waals surface area contributed by atoms with Crippen LogP contribution in [-0.4, -0.2) is 4.98 Å². The summed E-state index contributed by atoms with van der Waals surface area (Å²) in [6.45, 7) is 0. The predicted molar refractivity (Wildman–Crippen MR) is 33.9 cm³/mol. The molecule has 0 N–H and O–H groups in total. The third-order valence-corrected chi connectivity index (χ3v) is 0.918. The molecular weight excluding hydrogens is 122 g/mol. The summed E-state index contributed by atoms with van der Waals surface area (Å²) >= 11 is 3.55. The van der Waals surface area contributed by atoms with Gasteiger partial charge in [0.2, 0.25) is 5.88 Å². The van der Waals surface area contributed by atoms with Gasteiger partial charge < -0.3 is 4.18 Å². The molecule has 0 unspecified atom stereocenters. The van der Waals surface area contributed by atoms with Crippen LogP contribution in [0, 0.1) is 0 Å². The van der Waals surface area contributed by atoms with Crippen LogP contribution in [0.2, 0.25) is 0 Å². The highest BCUT2D eigenvalue weighted by Crippen LogP contribution is 2.03. The van der Waals surface area contributed by atoms with E-state index in [1.165, 1.54) is 0 Å². The lowest BCUT2D eigenvalue weighted by Crippen LogP contribution is -1.76. The first-order valence-electron chi connectivity index (χ1n) is 2.16. The molecule has 0 aliphatic rings. The summed E-state index contributed by atoms with van der Waals surface area (Å²) in [6, 6.07) is 5.38. The third kappa shape index (κ3) is 1.13. The van der Waals surface area contributed by atoms with Gasteiger partial charge >= 0.3 is 0 Å². The Morgan fingerprint density at radius 1 is 1.50 bits per heavy atom. The maximum absolute atomic E-state index is 4.50. The average molecular weight is 127 g/mol. The fourth-order valence-corrected chi connectivity index (χ4v) is 0.509. The van der Waals surface area contributed by atoms with E-state index in [-0.39, 0.29) is 0 Å². The molecule has 0 amide bonds. The van der Waals surface area contributed by atoms with Crippen LogP contribution in [0.5, 0.6) is 5.88 Å². The van der Waals surface area contributed by atoms with Crippen LogP contribution in [0.25, 0.3) is 0 Å². The molecule has 0 aliphatic heterocycles. The van der Waals surface area contributed by atoms with Gasteiger partial charge in [-0.15, -0.1) is 0 Å². The van der Waals surface area contributed by atoms with Gasteiger partial charge in [0.15, 0.2) is 0 Å². The van der Waals surface area contributed by atoms with Crippen molar-refractivity contribution in [2.75, 3.05) is 0 Å². The van der Waals surface area contributed by atoms with Crippen LogP contribution < -0.4 is 4.18 Å². The molecular formula is C5H5NOS. The molecule has 0 fully saturated rings. The van der Waals surface area contributed by atoms with E-state index in [1.807, 2.05) is 12.1 Å². The highest BCUT2D eigenvalue weighted by Gasteiger charge is 1.83. The molecule has 42 valence electrons. The van der Waals surface area contributed by atoms with Gasteiger partial charge in [-0.1, -0.05) is 6.07 Å². The van der Waals surface area contributed by atoms with Crippen molar-refractivity contribution >= 4 is 12.9 Å². The third-order valence-electron chi connectivity index (χ3n) is 0.731. The van der Waals surface area contributed by atoms with Crippen LogP contribution in [0.4, 0.5) is 0 Å². The summed E-state index contributed by atoms with van der Waals surface area (Å²) in [6.07, 6.45) is 1.64. The summed E-state index contributed by atoms with van der Waals surface area (Å²) in [5.41, 5.74) is 0. The van der Waals surface area contributed by atoms with Crippen LogP contribution in [0.3, 0.4) is 0 Å². The number of thiol groups is 1. The standard InChI is InChI=1S/C5H5NOS/c8-7-5-3-1-2-4-6-5/h1-4,8H. The zero-order valence-corrected chi connectivity index (χ0v) is 5.01. The second kappa shape index (κ2) is 2.57. The Morgan fingerprint density at radius 3 is 2.75 bits per heavy atom. The van der Waals surface area contributed by atoms with Crippen LogP contribution in [-0.2, 0) is 0 Å². The van der Waals surface area contributed by atoms with Crippen molar-refractivity contribution in [3.05, 3.63) is 24.4 Å². The van der Waals surface area contributed by atoms with Gasteiger partial charge in [0.1, 0.15) is 0 Å². The first-order chi connectivity index (χ1) is 3.93. The number of rotatable bonds is 1. The van der Waals surface area contributed by atoms with Crippen molar-refractivity contribution in [2.45, 2.75) is 0 Å². The highest BCUT2D eigenvalue weighted by molar-refractivity contribution is 7.75. The Bertz CT molecular complexity index is 154. The smallest absolute Gasteiger partial charge is 0.227 e. The van der Waals surface area contributed by atoms with E-state index < -0.39 is 0 Å². The number of pyridine rings is 1. The van der Waals surface area contributed by atoms with Gasteiger partial charge in [-0.05, 0) is 6.07 Å². The maximum atomic E-state index is 4.50. The van der Waals surface area contributed by atoms with E-state index in [1.54, 1.807) is 12.3 Å². The van der Waals surface area contributed by atoms with Crippen LogP contribution >= 0.6 is 12.9 Å². The first-order valence-corrected chi connectivity index (χ1v) is 2.52. The van der Waals surface area contributed by atoms with Gasteiger partial charge in [0.25, 0.3) is 0 Å². The maximum Gasteiger partial charge on any atom is 0.227 e. The fourth-order valence-electron chi connectivity index (χ4n) is 0.401. The molecule has 1 aromatic rings. The monoisotopic (exact) mass is 127 g/mol. The molecule has 2 nitrogen and oxygen atoms in total. The van der Waals surface area contributed by atoms with Gasteiger partial charge in [-0.25, -0.2) is 4.98 Å². The van der Waals surface area contributed by atoms with Gasteiger partial charge in [0, 0.05) is 25.2 Å². The Balaban J connectivity index is 2.83. The summed E-state index contributed by atoms with van der Waals surface area (Å²) in [7, 11) is 0. The zero-order valence-electron chi connectivity index (χ0n) is 4.11. The SMILES string of the molecule is SOc1ccccn1. The lowest BCUT2D eigenvalue weighted by Gasteiger charge is -1.90. The molecule has 0 aromatic carbocycles. The Morgan fingerprint density at radius 2 is 2.38 bits per heavy atom. The van der Waals surface area contributed by atoms with Crippen LogP contribution in [0.15, 0.2) is 24.4 Å². The van der Waals surface area contributed by atoms with E-state index in [0.717, 1.165) is 0 Å². The van der Waals surface area contributed by atoms with Gasteiger partial charge in [-0.3, -0.25) is 0 Å². The molecule has 0 aliphatic carbocycles. The molecule has 0 spiro atoms. The van der Waals surface area contributed by atoms with Crippen molar-refractivity contribution in [1.29, 1.82) is 0 Å². The predicted octanol–water partition coefficient (Wildman–Crippen LogP) is 1.31. The molecule has 3 heteroatoms. The Kier molecular flexibility index (Phi) is 1.75. The summed E-state index contributed by atoms with van der Waals surface area (Å²) in [5, 5.41) is 0. The zero-order chi connectivity index (χ0) is 5.82. The quantitative estimate of drug-likeness (QED) is 0.454. The molecule has 8 heavy (non-hydrogen) atoms. The number of hydrogen-bond acceptors (Lipinski definition) is 3. The second-order valence-electron chi connectivity index (χ2n) is 1.26. The lowest BCUT2D eigenvalue weighted by molar-refractivity contribution is 0.628. The summed E-state index contributed by atoms with van der Waals surface area (Å²) in [5.74, 6) is 0.524. The van der Waals surface area contributed by atoms with E-state index in [4.69, 9.17) is 0 Å². The van der Waals surface area contributed by atoms with E-state index >= 15 is 0 Å². The molecule has 1 aromatic heterocycles. The van der Waals surface area contributed by atoms with E-state index in [0.29, 0.717) is 5.88 Å². The number of aromatic nitrogens is 1. The second-order valence-corrected chi connectivity index (χ2v) is 1.44. The minimum atomic E-state index is 0.524. The number of nitrogens with zero attached hydrogens (tertiary/aromatic N) is 1. The normalized spacial score (nSPS) is 8.62. The topological polar surface area (TPSA) is 22.1 Å². The molecule has 1 heterocycles. The molecule has 0 saturated carbocycles. The molecule has 0 radical (unpaired) electrons. The summed E-state index contributed by atoms with van der Waals surface area (Å²) in [4.78, 5) is 3.80. The van der Waals surface area contributed by atoms with Crippen molar-refractivity contribution in [2.24, 2.45) is 0 Å². The van der Waals surface area contributed by atoms with E-state index in [2.05, 4.69) is 22.1 Å². The summed E-state index contributed by atoms with van der Waals surface area (Å²) < 4.78 is 4.50. The van der Waals surface area contributed by atoms with Crippen molar-refractivity contribution in [1.82, 2.24) is 4.98 Å². The Labute approximate surface area is 53.1 Å². The van der Waals surface area contributed by atoms with Crippen molar-refractivity contribution < 1.29 is 4.18 Å². The molecule has 1 rings (SSSR count). The lowest BCUT2D eigenvalue weighted by atomic mass is 10.5. The van der Waals surface area contributed by atoms with Gasteiger partial charge in [0.05, 0.1) is 0 Å². The van der Waals surface area contributed by atoms with Crippen molar-refractivity contribution in [3.8, 4) is 5.88 Å². The van der Waals surface area contributed by atoms with Crippen LogP contribution in [0.1, 0.15) is 0 Å². The van der Waals surface area contributed by atoms with E-state index in [9.17, 15) is 0 Å². The first kappa shape index (κ1) is 5.44. The minimum absolute atomic E-state index is 0.524. The molecule has 0 atom stereocenters. The molecule has 0 saturated heterocycles. The minimum Gasteiger partial charge on any atom is -0.409 e. The molecule has 0 bridgehead atoms. The van der Waals surface area contributed by atoms with Crippen molar-refractivity contribution in [3.63, 3.8) is 0 Å². The largest absolute Gasteiger partial charge is 0.409 e. The van der Waals surface area contributed by atoms with Gasteiger partial charge in [-0.2, -0.15) is 0 Å². The fraction of sp³-hybridized carbons (Fsp3) is 0. The highest BCUT2D eigenvalue weighted by atomic mass is 32.1. The Hall–Kier alpha value is -0.700.